The minimum Gasteiger partial charge on any atom is -0.355 e. The number of hydrogen-bond donors (Lipinski definition) is 1. The van der Waals surface area contributed by atoms with Gasteiger partial charge in [0.25, 0.3) is 5.69 Å². The van der Waals surface area contributed by atoms with E-state index in [0.29, 0.717) is 18.5 Å². The van der Waals surface area contributed by atoms with Gasteiger partial charge in [0.2, 0.25) is 11.8 Å². The molecule has 0 radical (unpaired) electrons. The molecule has 1 N–H and O–H groups in total. The third kappa shape index (κ3) is 5.88. The van der Waals surface area contributed by atoms with Crippen LogP contribution in [0.5, 0.6) is 0 Å². The Morgan fingerprint density at radius 3 is 2.48 bits per heavy atom. The third-order valence-electron chi connectivity index (χ3n) is 4.70. The van der Waals surface area contributed by atoms with Crippen molar-refractivity contribution in [2.45, 2.75) is 46.2 Å². The molecule has 0 aromatic heterocycles. The first-order valence-electron chi connectivity index (χ1n) is 9.72. The Morgan fingerprint density at radius 1 is 1.14 bits per heavy atom. The number of amides is 2. The van der Waals surface area contributed by atoms with Crippen molar-refractivity contribution >= 4 is 17.5 Å². The van der Waals surface area contributed by atoms with Crippen LogP contribution in [-0.2, 0) is 22.6 Å². The van der Waals surface area contributed by atoms with E-state index in [1.54, 1.807) is 18.2 Å². The lowest BCUT2D eigenvalue weighted by atomic mass is 10.0. The van der Waals surface area contributed by atoms with Gasteiger partial charge in [0.1, 0.15) is 6.04 Å². The first-order valence-corrected chi connectivity index (χ1v) is 9.72. The van der Waals surface area contributed by atoms with Crippen molar-refractivity contribution < 1.29 is 14.5 Å². The van der Waals surface area contributed by atoms with E-state index in [4.69, 9.17) is 0 Å². The summed E-state index contributed by atoms with van der Waals surface area (Å²) in [6.07, 6.45) is 0.305. The second-order valence-corrected chi connectivity index (χ2v) is 6.89. The first kappa shape index (κ1) is 22.1. The van der Waals surface area contributed by atoms with Gasteiger partial charge in [-0.1, -0.05) is 55.0 Å². The normalized spacial score (nSPS) is 11.6. The second kappa shape index (κ2) is 10.4. The molecule has 2 rings (SSSR count). The Labute approximate surface area is 170 Å². The fourth-order valence-corrected chi connectivity index (χ4v) is 3.32. The second-order valence-electron chi connectivity index (χ2n) is 6.89. The average Bonchev–Trinajstić information content (AvgIpc) is 2.68. The molecule has 0 aliphatic rings. The fourth-order valence-electron chi connectivity index (χ4n) is 3.32. The maximum Gasteiger partial charge on any atom is 0.273 e. The van der Waals surface area contributed by atoms with Gasteiger partial charge in [0, 0.05) is 24.7 Å². The number of para-hydroxylation sites is 1. The number of rotatable bonds is 9. The average molecular weight is 397 g/mol. The quantitative estimate of drug-likeness (QED) is 0.518. The number of carbonyl (C=O) groups is 2. The van der Waals surface area contributed by atoms with Gasteiger partial charge < -0.3 is 10.2 Å². The summed E-state index contributed by atoms with van der Waals surface area (Å²) in [4.78, 5) is 38.1. The molecule has 0 fully saturated rings. The molecular formula is C22H27N3O4. The van der Waals surface area contributed by atoms with E-state index in [1.165, 1.54) is 11.0 Å². The molecule has 0 aliphatic carbocycles. The van der Waals surface area contributed by atoms with Crippen LogP contribution in [0, 0.1) is 17.0 Å². The van der Waals surface area contributed by atoms with Crippen LogP contribution in [0.15, 0.2) is 48.5 Å². The molecule has 0 saturated heterocycles. The van der Waals surface area contributed by atoms with Gasteiger partial charge in [-0.3, -0.25) is 19.7 Å². The summed E-state index contributed by atoms with van der Waals surface area (Å²) in [5.41, 5.74) is 2.20. The van der Waals surface area contributed by atoms with Gasteiger partial charge in [-0.25, -0.2) is 0 Å². The highest BCUT2D eigenvalue weighted by molar-refractivity contribution is 5.88. The van der Waals surface area contributed by atoms with Gasteiger partial charge in [0.15, 0.2) is 0 Å². The predicted octanol–water partition coefficient (Wildman–Crippen LogP) is 3.39. The van der Waals surface area contributed by atoms with Crippen LogP contribution in [0.25, 0.3) is 0 Å². The summed E-state index contributed by atoms with van der Waals surface area (Å²) in [6.45, 7) is 6.36. The number of likely N-dealkylation sites (N-methyl/N-ethyl adjacent to an activating group) is 1. The number of nitro benzene ring substituents is 1. The number of aryl methyl sites for hydroxylation is 1. The summed E-state index contributed by atoms with van der Waals surface area (Å²) in [6, 6.07) is 13.3. The molecule has 2 aromatic rings. The predicted molar refractivity (Wildman–Crippen MR) is 111 cm³/mol. The fraction of sp³-hybridized carbons (Fsp3) is 0.364. The Balaban J connectivity index is 2.36. The van der Waals surface area contributed by atoms with Crippen LogP contribution in [0.3, 0.4) is 0 Å². The summed E-state index contributed by atoms with van der Waals surface area (Å²) in [5, 5.41) is 14.1. The van der Waals surface area contributed by atoms with E-state index in [9.17, 15) is 19.7 Å². The number of nitro groups is 1. The lowest BCUT2D eigenvalue weighted by Crippen LogP contribution is -2.49. The monoisotopic (exact) mass is 397 g/mol. The van der Waals surface area contributed by atoms with Gasteiger partial charge in [-0.05, 0) is 25.8 Å². The van der Waals surface area contributed by atoms with Gasteiger partial charge in [-0.15, -0.1) is 0 Å². The van der Waals surface area contributed by atoms with Crippen LogP contribution in [0.1, 0.15) is 37.0 Å². The largest absolute Gasteiger partial charge is 0.355 e. The number of nitrogens with zero attached hydrogens (tertiary/aromatic N) is 2. The molecule has 0 bridgehead atoms. The molecule has 2 amide bonds. The molecule has 0 aliphatic heterocycles. The van der Waals surface area contributed by atoms with Crippen LogP contribution in [0.2, 0.25) is 0 Å². The van der Waals surface area contributed by atoms with Crippen molar-refractivity contribution in [3.63, 3.8) is 0 Å². The summed E-state index contributed by atoms with van der Waals surface area (Å²) >= 11 is 0. The topological polar surface area (TPSA) is 92.6 Å². The highest BCUT2D eigenvalue weighted by Gasteiger charge is 2.29. The first-order chi connectivity index (χ1) is 13.9. The van der Waals surface area contributed by atoms with Crippen LogP contribution in [0.4, 0.5) is 5.69 Å². The molecule has 0 saturated carbocycles. The van der Waals surface area contributed by atoms with E-state index in [0.717, 1.165) is 11.1 Å². The summed E-state index contributed by atoms with van der Waals surface area (Å²) in [7, 11) is 0. The molecule has 7 nitrogen and oxygen atoms in total. The zero-order valence-corrected chi connectivity index (χ0v) is 17.1. The molecule has 0 heterocycles. The van der Waals surface area contributed by atoms with E-state index < -0.39 is 11.0 Å². The number of benzene rings is 2. The third-order valence-corrected chi connectivity index (χ3v) is 4.70. The van der Waals surface area contributed by atoms with Gasteiger partial charge in [0.05, 0.1) is 11.3 Å². The highest BCUT2D eigenvalue weighted by atomic mass is 16.6. The highest BCUT2D eigenvalue weighted by Crippen LogP contribution is 2.21. The Hall–Kier alpha value is -3.22. The van der Waals surface area contributed by atoms with E-state index in [2.05, 4.69) is 5.32 Å². The van der Waals surface area contributed by atoms with E-state index >= 15 is 0 Å². The van der Waals surface area contributed by atoms with Crippen molar-refractivity contribution in [3.8, 4) is 0 Å². The molecule has 0 spiro atoms. The molecular weight excluding hydrogens is 370 g/mol. The van der Waals surface area contributed by atoms with Crippen molar-refractivity contribution in [1.82, 2.24) is 10.2 Å². The molecule has 29 heavy (non-hydrogen) atoms. The van der Waals surface area contributed by atoms with Gasteiger partial charge >= 0.3 is 0 Å². The summed E-state index contributed by atoms with van der Waals surface area (Å²) < 4.78 is 0. The summed E-state index contributed by atoms with van der Waals surface area (Å²) in [5.74, 6) is -0.544. The Morgan fingerprint density at radius 2 is 1.86 bits per heavy atom. The maximum absolute atomic E-state index is 13.2. The zero-order valence-electron chi connectivity index (χ0n) is 17.1. The molecule has 1 atom stereocenters. The number of nitrogens with one attached hydrogen (secondary N) is 1. The standard InChI is InChI=1S/C22H27N3O4/c1-4-19(22(27)23-5-2)24(15-17-10-8-9-16(3)13-17)21(26)14-18-11-6-7-12-20(18)25(28)29/h6-13,19H,4-5,14-15H2,1-3H3,(H,23,27)/t19-/m0/s1. The Bertz CT molecular complexity index is 882. The minimum atomic E-state index is -0.647. The smallest absolute Gasteiger partial charge is 0.273 e. The zero-order chi connectivity index (χ0) is 21.4. The molecule has 154 valence electrons. The molecule has 2 aromatic carbocycles. The van der Waals surface area contributed by atoms with Crippen LogP contribution in [-0.4, -0.2) is 34.2 Å². The molecule has 7 heteroatoms. The van der Waals surface area contributed by atoms with E-state index in [-0.39, 0.29) is 30.5 Å². The van der Waals surface area contributed by atoms with Crippen LogP contribution < -0.4 is 5.32 Å². The SMILES string of the molecule is CCNC(=O)[C@H](CC)N(Cc1cccc(C)c1)C(=O)Cc1ccccc1[N+](=O)[O-]. The lowest BCUT2D eigenvalue weighted by molar-refractivity contribution is -0.385. The van der Waals surface area contributed by atoms with E-state index in [1.807, 2.05) is 45.0 Å². The number of carbonyl (C=O) groups excluding carboxylic acids is 2. The van der Waals surface area contributed by atoms with Crippen molar-refractivity contribution in [2.75, 3.05) is 6.54 Å². The van der Waals surface area contributed by atoms with Crippen molar-refractivity contribution in [2.24, 2.45) is 0 Å². The molecule has 0 unspecified atom stereocenters. The Kier molecular flexibility index (Phi) is 7.88. The minimum absolute atomic E-state index is 0.0950. The van der Waals surface area contributed by atoms with Gasteiger partial charge in [-0.2, -0.15) is 0 Å². The van der Waals surface area contributed by atoms with Crippen molar-refractivity contribution in [3.05, 3.63) is 75.3 Å². The number of hydrogen-bond acceptors (Lipinski definition) is 4. The maximum atomic E-state index is 13.2. The lowest BCUT2D eigenvalue weighted by Gasteiger charge is -2.30. The van der Waals surface area contributed by atoms with Crippen LogP contribution >= 0.6 is 0 Å². The van der Waals surface area contributed by atoms with Crippen molar-refractivity contribution in [1.29, 1.82) is 0 Å².